The van der Waals surface area contributed by atoms with Crippen LogP contribution in [0.1, 0.15) is 44.2 Å². The molecule has 2 saturated heterocycles. The molecule has 2 aliphatic heterocycles. The van der Waals surface area contributed by atoms with Crippen LogP contribution < -0.4 is 9.64 Å². The number of hydrogen-bond donors (Lipinski definition) is 0. The first-order valence-corrected chi connectivity index (χ1v) is 17.6. The molecule has 0 unspecified atom stereocenters. The standard InChI is InChI=1S/C41H46N6O2/c1-4-5-8-13-31(2)41(33-14-9-6-10-15-33,34-16-11-7-12-17-34)47-36-19-23-43-40(49-35-20-28-48-29-21-35)38(36)39(44-47)32-18-22-42-37(30-32)46-26-24-45(3)25-27-46/h5-19,22-23,30,35H,4,20-21,24-29H2,1-3H3. The molecule has 7 rings (SSSR count). The van der Waals surface area contributed by atoms with E-state index >= 15 is 0 Å². The zero-order chi connectivity index (χ0) is 33.6. The van der Waals surface area contributed by atoms with Crippen LogP contribution >= 0.6 is 0 Å². The van der Waals surface area contributed by atoms with Gasteiger partial charge in [0.2, 0.25) is 5.88 Å². The number of rotatable bonds is 10. The third kappa shape index (κ3) is 6.51. The van der Waals surface area contributed by atoms with Gasteiger partial charge in [-0.3, -0.25) is 0 Å². The van der Waals surface area contributed by atoms with Crippen molar-refractivity contribution in [2.45, 2.75) is 44.8 Å². The molecule has 252 valence electrons. The van der Waals surface area contributed by atoms with Gasteiger partial charge in [-0.05, 0) is 55.3 Å². The zero-order valence-electron chi connectivity index (χ0n) is 28.8. The summed E-state index contributed by atoms with van der Waals surface area (Å²) in [4.78, 5) is 14.4. The average Bonchev–Trinajstić information content (AvgIpc) is 3.55. The SMILES string of the molecule is CCC=CC=C(C)C(c1ccccc1)(c1ccccc1)n1nc(-c2ccnc(N3CCN(C)CC3)c2)c2c(OC3CCOCC3)nccc21. The van der Waals surface area contributed by atoms with Gasteiger partial charge < -0.3 is 19.3 Å². The minimum atomic E-state index is -0.776. The van der Waals surface area contributed by atoms with E-state index in [1.165, 1.54) is 0 Å². The first-order valence-electron chi connectivity index (χ1n) is 17.6. The molecule has 8 heteroatoms. The van der Waals surface area contributed by atoms with E-state index in [1.54, 1.807) is 0 Å². The molecular formula is C41H46N6O2. The van der Waals surface area contributed by atoms with Crippen molar-refractivity contribution in [3.8, 4) is 17.1 Å². The number of pyridine rings is 2. The normalized spacial score (nSPS) is 16.9. The van der Waals surface area contributed by atoms with Gasteiger partial charge in [-0.25, -0.2) is 14.6 Å². The number of anilines is 1. The highest BCUT2D eigenvalue weighted by Gasteiger charge is 2.41. The molecule has 2 fully saturated rings. The second-order valence-electron chi connectivity index (χ2n) is 13.0. The van der Waals surface area contributed by atoms with Crippen molar-refractivity contribution in [3.63, 3.8) is 0 Å². The average molecular weight is 655 g/mol. The molecule has 2 aromatic carbocycles. The van der Waals surface area contributed by atoms with Crippen LogP contribution in [-0.4, -0.2) is 77.2 Å². The van der Waals surface area contributed by atoms with Crippen LogP contribution in [0.25, 0.3) is 22.2 Å². The van der Waals surface area contributed by atoms with Crippen LogP contribution in [0.3, 0.4) is 0 Å². The van der Waals surface area contributed by atoms with Crippen molar-refractivity contribution in [2.75, 3.05) is 51.3 Å². The first-order chi connectivity index (χ1) is 24.1. The van der Waals surface area contributed by atoms with Crippen molar-refractivity contribution >= 4 is 16.7 Å². The third-order valence-electron chi connectivity index (χ3n) is 9.84. The van der Waals surface area contributed by atoms with E-state index in [9.17, 15) is 0 Å². The molecule has 5 heterocycles. The Kier molecular flexibility index (Phi) is 9.87. The van der Waals surface area contributed by atoms with E-state index in [0.29, 0.717) is 19.1 Å². The summed E-state index contributed by atoms with van der Waals surface area (Å²) in [5, 5.41) is 6.54. The van der Waals surface area contributed by atoms with Crippen molar-refractivity contribution in [2.24, 2.45) is 0 Å². The van der Waals surface area contributed by atoms with E-state index in [1.807, 2.05) is 12.4 Å². The van der Waals surface area contributed by atoms with E-state index < -0.39 is 5.54 Å². The summed E-state index contributed by atoms with van der Waals surface area (Å²) < 4.78 is 14.6. The van der Waals surface area contributed by atoms with Crippen LogP contribution in [0.2, 0.25) is 0 Å². The van der Waals surface area contributed by atoms with Crippen LogP contribution in [0.15, 0.2) is 115 Å². The number of fused-ring (bicyclic) bond motifs is 1. The number of aromatic nitrogens is 4. The van der Waals surface area contributed by atoms with E-state index in [4.69, 9.17) is 24.5 Å². The van der Waals surface area contributed by atoms with Gasteiger partial charge in [0, 0.05) is 57.0 Å². The predicted octanol–water partition coefficient (Wildman–Crippen LogP) is 7.51. The fourth-order valence-electron chi connectivity index (χ4n) is 7.17. The fraction of sp³-hybridized carbons (Fsp3) is 0.341. The predicted molar refractivity (Wildman–Crippen MR) is 197 cm³/mol. The molecule has 0 aliphatic carbocycles. The smallest absolute Gasteiger partial charge is 0.225 e. The summed E-state index contributed by atoms with van der Waals surface area (Å²) in [6.45, 7) is 9.62. The molecule has 5 aromatic rings. The lowest BCUT2D eigenvalue weighted by molar-refractivity contribution is 0.0244. The number of ether oxygens (including phenoxy) is 2. The topological polar surface area (TPSA) is 68.5 Å². The van der Waals surface area contributed by atoms with Gasteiger partial charge >= 0.3 is 0 Å². The van der Waals surface area contributed by atoms with Crippen LogP contribution in [0.4, 0.5) is 5.82 Å². The Balaban J connectivity index is 1.51. The summed E-state index contributed by atoms with van der Waals surface area (Å²) >= 11 is 0. The molecule has 8 nitrogen and oxygen atoms in total. The lowest BCUT2D eigenvalue weighted by Gasteiger charge is -2.37. The highest BCUT2D eigenvalue weighted by Crippen LogP contribution is 2.45. The molecule has 0 N–H and O–H groups in total. The van der Waals surface area contributed by atoms with Crippen molar-refractivity contribution in [1.29, 1.82) is 0 Å². The van der Waals surface area contributed by atoms with Gasteiger partial charge in [0.05, 0.1) is 24.1 Å². The number of likely N-dealkylation sites (N-methyl/N-ethyl adjacent to an activating group) is 1. The molecule has 0 saturated carbocycles. The van der Waals surface area contributed by atoms with Crippen molar-refractivity contribution in [3.05, 3.63) is 126 Å². The lowest BCUT2D eigenvalue weighted by atomic mass is 9.77. The summed E-state index contributed by atoms with van der Waals surface area (Å²) in [5.41, 5.74) is 5.37. The van der Waals surface area contributed by atoms with Gasteiger partial charge in [-0.1, -0.05) is 85.8 Å². The number of hydrogen-bond acceptors (Lipinski definition) is 7. The Labute approximate surface area is 289 Å². The van der Waals surface area contributed by atoms with Gasteiger partial charge in [-0.2, -0.15) is 5.10 Å². The number of nitrogens with zero attached hydrogens (tertiary/aromatic N) is 6. The minimum Gasteiger partial charge on any atom is -0.474 e. The van der Waals surface area contributed by atoms with E-state index in [2.05, 4.69) is 132 Å². The Bertz CT molecular complexity index is 1870. The molecule has 0 spiro atoms. The summed E-state index contributed by atoms with van der Waals surface area (Å²) in [6, 6.07) is 27.8. The quantitative estimate of drug-likeness (QED) is 0.145. The van der Waals surface area contributed by atoms with Crippen molar-refractivity contribution < 1.29 is 9.47 Å². The maximum absolute atomic E-state index is 6.76. The summed E-state index contributed by atoms with van der Waals surface area (Å²) in [6.07, 6.45) is 13.0. The summed E-state index contributed by atoms with van der Waals surface area (Å²) in [5.74, 6) is 1.56. The van der Waals surface area contributed by atoms with Gasteiger partial charge in [0.15, 0.2) is 0 Å². The van der Waals surface area contributed by atoms with Gasteiger partial charge in [-0.15, -0.1) is 0 Å². The van der Waals surface area contributed by atoms with E-state index in [0.717, 1.165) is 90.1 Å². The maximum atomic E-state index is 6.76. The summed E-state index contributed by atoms with van der Waals surface area (Å²) in [7, 11) is 2.17. The highest BCUT2D eigenvalue weighted by atomic mass is 16.5. The third-order valence-corrected chi connectivity index (χ3v) is 9.84. The Morgan fingerprint density at radius 2 is 1.57 bits per heavy atom. The Morgan fingerprint density at radius 3 is 2.24 bits per heavy atom. The molecule has 3 aromatic heterocycles. The lowest BCUT2D eigenvalue weighted by Crippen LogP contribution is -2.44. The number of piperazine rings is 1. The Hall–Kier alpha value is -4.79. The Morgan fingerprint density at radius 1 is 0.898 bits per heavy atom. The van der Waals surface area contributed by atoms with Crippen molar-refractivity contribution in [1.82, 2.24) is 24.6 Å². The minimum absolute atomic E-state index is 0.0233. The second kappa shape index (κ2) is 14.8. The fourth-order valence-corrected chi connectivity index (χ4v) is 7.17. The van der Waals surface area contributed by atoms with E-state index in [-0.39, 0.29) is 6.10 Å². The number of benzene rings is 2. The van der Waals surface area contributed by atoms with Crippen LogP contribution in [0, 0.1) is 0 Å². The molecule has 0 radical (unpaired) electrons. The molecule has 0 bridgehead atoms. The first kappa shape index (κ1) is 32.7. The largest absolute Gasteiger partial charge is 0.474 e. The van der Waals surface area contributed by atoms with Gasteiger partial charge in [0.25, 0.3) is 0 Å². The second-order valence-corrected chi connectivity index (χ2v) is 13.0. The zero-order valence-corrected chi connectivity index (χ0v) is 28.8. The van der Waals surface area contributed by atoms with Crippen LogP contribution in [-0.2, 0) is 10.3 Å². The molecule has 2 aliphatic rings. The van der Waals surface area contributed by atoms with Gasteiger partial charge in [0.1, 0.15) is 23.2 Å². The molecular weight excluding hydrogens is 608 g/mol. The molecule has 0 atom stereocenters. The molecule has 49 heavy (non-hydrogen) atoms. The highest BCUT2D eigenvalue weighted by molar-refractivity contribution is 5.98. The maximum Gasteiger partial charge on any atom is 0.225 e. The number of allylic oxidation sites excluding steroid dienone is 4. The molecule has 0 amide bonds. The monoisotopic (exact) mass is 654 g/mol. The van der Waals surface area contributed by atoms with Crippen LogP contribution in [0.5, 0.6) is 5.88 Å².